The summed E-state index contributed by atoms with van der Waals surface area (Å²) in [5.41, 5.74) is 2.37. The second-order valence-corrected chi connectivity index (χ2v) is 4.89. The third-order valence-electron chi connectivity index (χ3n) is 3.09. The van der Waals surface area contributed by atoms with E-state index in [-0.39, 0.29) is 0 Å². The smallest absolute Gasteiger partial charge is 0.0596 e. The van der Waals surface area contributed by atoms with Crippen LogP contribution in [0.1, 0.15) is 43.5 Å². The van der Waals surface area contributed by atoms with E-state index in [1.165, 1.54) is 25.0 Å². The van der Waals surface area contributed by atoms with E-state index in [4.69, 9.17) is 0 Å². The van der Waals surface area contributed by atoms with Crippen molar-refractivity contribution in [3.05, 3.63) is 30.1 Å². The van der Waals surface area contributed by atoms with E-state index in [9.17, 15) is 0 Å². The highest BCUT2D eigenvalue weighted by molar-refractivity contribution is 5.06. The summed E-state index contributed by atoms with van der Waals surface area (Å²) in [7, 11) is 0. The van der Waals surface area contributed by atoms with E-state index in [0.717, 1.165) is 38.2 Å². The SMILES string of the molecule is C=CCCCCCNCCCn1nc(C)cc1C. The molecule has 0 unspecified atom stereocenters. The van der Waals surface area contributed by atoms with E-state index in [1.54, 1.807) is 0 Å². The number of unbranched alkanes of at least 4 members (excludes halogenated alkanes) is 3. The van der Waals surface area contributed by atoms with Crippen LogP contribution in [0.2, 0.25) is 0 Å². The first-order valence-corrected chi connectivity index (χ1v) is 7.06. The predicted octanol–water partition coefficient (Wildman–Crippen LogP) is 3.23. The van der Waals surface area contributed by atoms with Crippen LogP contribution in [0, 0.1) is 13.8 Å². The second kappa shape index (κ2) is 8.92. The third kappa shape index (κ3) is 6.01. The van der Waals surface area contributed by atoms with Gasteiger partial charge in [0.05, 0.1) is 5.69 Å². The van der Waals surface area contributed by atoms with Crippen molar-refractivity contribution in [1.82, 2.24) is 15.1 Å². The molecule has 102 valence electrons. The third-order valence-corrected chi connectivity index (χ3v) is 3.09. The number of hydrogen-bond acceptors (Lipinski definition) is 2. The van der Waals surface area contributed by atoms with Gasteiger partial charge in [0.15, 0.2) is 0 Å². The molecule has 0 aromatic carbocycles. The minimum atomic E-state index is 1.02. The van der Waals surface area contributed by atoms with Gasteiger partial charge in [0.25, 0.3) is 0 Å². The topological polar surface area (TPSA) is 29.9 Å². The zero-order chi connectivity index (χ0) is 13.2. The molecule has 0 spiro atoms. The van der Waals surface area contributed by atoms with Crippen LogP contribution in [0.4, 0.5) is 0 Å². The molecule has 3 nitrogen and oxygen atoms in total. The highest BCUT2D eigenvalue weighted by Gasteiger charge is 1.99. The second-order valence-electron chi connectivity index (χ2n) is 4.89. The van der Waals surface area contributed by atoms with E-state index >= 15 is 0 Å². The first-order valence-electron chi connectivity index (χ1n) is 7.06. The Hall–Kier alpha value is -1.09. The average Bonchev–Trinajstić information content (AvgIpc) is 2.66. The number of rotatable bonds is 10. The lowest BCUT2D eigenvalue weighted by molar-refractivity contribution is 0.522. The highest BCUT2D eigenvalue weighted by atomic mass is 15.3. The van der Waals surface area contributed by atoms with Gasteiger partial charge in [0, 0.05) is 12.2 Å². The first kappa shape index (κ1) is 15.0. The van der Waals surface area contributed by atoms with Crippen molar-refractivity contribution in [3.8, 4) is 0 Å². The van der Waals surface area contributed by atoms with Gasteiger partial charge in [-0.25, -0.2) is 0 Å². The predicted molar refractivity (Wildman–Crippen MR) is 77.9 cm³/mol. The molecule has 1 N–H and O–H groups in total. The highest BCUT2D eigenvalue weighted by Crippen LogP contribution is 2.02. The molecule has 1 heterocycles. The molecule has 1 aromatic rings. The quantitative estimate of drug-likeness (QED) is 0.509. The molecule has 0 saturated carbocycles. The number of allylic oxidation sites excluding steroid dienone is 1. The largest absolute Gasteiger partial charge is 0.317 e. The number of aromatic nitrogens is 2. The van der Waals surface area contributed by atoms with Crippen LogP contribution in [0.5, 0.6) is 0 Å². The zero-order valence-corrected chi connectivity index (χ0v) is 11.9. The van der Waals surface area contributed by atoms with Crippen molar-refractivity contribution in [1.29, 1.82) is 0 Å². The molecule has 3 heteroatoms. The maximum atomic E-state index is 4.46. The van der Waals surface area contributed by atoms with E-state index in [1.807, 2.05) is 13.0 Å². The Morgan fingerprint density at radius 1 is 1.22 bits per heavy atom. The van der Waals surface area contributed by atoms with Gasteiger partial charge in [-0.2, -0.15) is 5.10 Å². The van der Waals surface area contributed by atoms with Crippen LogP contribution in [-0.2, 0) is 6.54 Å². The lowest BCUT2D eigenvalue weighted by Crippen LogP contribution is -2.18. The van der Waals surface area contributed by atoms with E-state index < -0.39 is 0 Å². The van der Waals surface area contributed by atoms with Gasteiger partial charge in [-0.05, 0) is 58.7 Å². The molecule has 18 heavy (non-hydrogen) atoms. The molecule has 1 rings (SSSR count). The maximum absolute atomic E-state index is 4.46. The molecule has 0 aliphatic heterocycles. The molecule has 0 amide bonds. The summed E-state index contributed by atoms with van der Waals surface area (Å²) in [5.74, 6) is 0. The Labute approximate surface area is 111 Å². The Morgan fingerprint density at radius 2 is 2.00 bits per heavy atom. The minimum absolute atomic E-state index is 1.02. The Balaban J connectivity index is 1.95. The van der Waals surface area contributed by atoms with Crippen LogP contribution in [0.3, 0.4) is 0 Å². The first-order chi connectivity index (χ1) is 8.74. The molecule has 0 aliphatic carbocycles. The fourth-order valence-corrected chi connectivity index (χ4v) is 2.10. The van der Waals surface area contributed by atoms with E-state index in [0.29, 0.717) is 0 Å². The maximum Gasteiger partial charge on any atom is 0.0596 e. The monoisotopic (exact) mass is 249 g/mol. The standard InChI is InChI=1S/C15H27N3/c1-4-5-6-7-8-10-16-11-9-12-18-15(3)13-14(2)17-18/h4,13,16H,1,5-12H2,2-3H3. The number of nitrogens with zero attached hydrogens (tertiary/aromatic N) is 2. The van der Waals surface area contributed by atoms with Gasteiger partial charge in [-0.15, -0.1) is 6.58 Å². The molecule has 0 bridgehead atoms. The average molecular weight is 249 g/mol. The lowest BCUT2D eigenvalue weighted by Gasteiger charge is -2.06. The fourth-order valence-electron chi connectivity index (χ4n) is 2.10. The van der Waals surface area contributed by atoms with Gasteiger partial charge >= 0.3 is 0 Å². The summed E-state index contributed by atoms with van der Waals surface area (Å²) < 4.78 is 2.10. The van der Waals surface area contributed by atoms with Crippen molar-refractivity contribution in [2.75, 3.05) is 13.1 Å². The summed E-state index contributed by atoms with van der Waals surface area (Å²) in [4.78, 5) is 0. The van der Waals surface area contributed by atoms with Gasteiger partial charge in [-0.1, -0.05) is 12.5 Å². The molecular formula is C15H27N3. The zero-order valence-electron chi connectivity index (χ0n) is 11.9. The van der Waals surface area contributed by atoms with Gasteiger partial charge < -0.3 is 5.32 Å². The number of aryl methyl sites for hydroxylation is 3. The summed E-state index contributed by atoms with van der Waals surface area (Å²) in [6, 6.07) is 2.13. The fraction of sp³-hybridized carbons (Fsp3) is 0.667. The molecule has 0 radical (unpaired) electrons. The van der Waals surface area contributed by atoms with Crippen LogP contribution in [-0.4, -0.2) is 22.9 Å². The number of nitrogens with one attached hydrogen (secondary N) is 1. The van der Waals surface area contributed by atoms with Gasteiger partial charge in [0.2, 0.25) is 0 Å². The van der Waals surface area contributed by atoms with E-state index in [2.05, 4.69) is 34.7 Å². The van der Waals surface area contributed by atoms with Crippen molar-refractivity contribution in [2.24, 2.45) is 0 Å². The van der Waals surface area contributed by atoms with Crippen LogP contribution < -0.4 is 5.32 Å². The Kier molecular flexibility index (Phi) is 7.42. The van der Waals surface area contributed by atoms with Crippen molar-refractivity contribution < 1.29 is 0 Å². The molecule has 0 aliphatic rings. The van der Waals surface area contributed by atoms with Gasteiger partial charge in [0.1, 0.15) is 0 Å². The van der Waals surface area contributed by atoms with Crippen LogP contribution in [0.25, 0.3) is 0 Å². The Morgan fingerprint density at radius 3 is 2.67 bits per heavy atom. The molecule has 0 saturated heterocycles. The summed E-state index contributed by atoms with van der Waals surface area (Å²) >= 11 is 0. The minimum Gasteiger partial charge on any atom is -0.317 e. The van der Waals surface area contributed by atoms with Crippen molar-refractivity contribution in [2.45, 2.75) is 52.5 Å². The van der Waals surface area contributed by atoms with Crippen LogP contribution in [0.15, 0.2) is 18.7 Å². The number of hydrogen-bond donors (Lipinski definition) is 1. The van der Waals surface area contributed by atoms with Crippen LogP contribution >= 0.6 is 0 Å². The lowest BCUT2D eigenvalue weighted by atomic mass is 10.2. The van der Waals surface area contributed by atoms with Crippen molar-refractivity contribution in [3.63, 3.8) is 0 Å². The summed E-state index contributed by atoms with van der Waals surface area (Å²) in [5, 5.41) is 7.95. The summed E-state index contributed by atoms with van der Waals surface area (Å²) in [6.45, 7) is 11.1. The molecule has 0 fully saturated rings. The van der Waals surface area contributed by atoms with Crippen molar-refractivity contribution >= 4 is 0 Å². The van der Waals surface area contributed by atoms with Gasteiger partial charge in [-0.3, -0.25) is 4.68 Å². The molecule has 1 aromatic heterocycles. The normalized spacial score (nSPS) is 10.8. The summed E-state index contributed by atoms with van der Waals surface area (Å²) in [6.07, 6.45) is 8.15. The molecular weight excluding hydrogens is 222 g/mol. The Bertz CT molecular complexity index is 342. The molecule has 0 atom stereocenters.